The highest BCUT2D eigenvalue weighted by Crippen LogP contribution is 2.24. The molecule has 16 N–H and O–H groups in total. The molecule has 2 aliphatic heterocycles. The van der Waals surface area contributed by atoms with Crippen molar-refractivity contribution in [3.8, 4) is 0 Å². The summed E-state index contributed by atoms with van der Waals surface area (Å²) in [6.45, 7) is 4.36. The van der Waals surface area contributed by atoms with Crippen molar-refractivity contribution in [2.45, 2.75) is 208 Å². The molecule has 0 aromatic heterocycles. The van der Waals surface area contributed by atoms with Gasteiger partial charge in [0.15, 0.2) is 18.8 Å². The molecule has 0 aliphatic carbocycles. The third kappa shape index (κ3) is 32.1. The SMILES string of the molecule is CNC(COCCC(=O)NCCCCCCOC(NC(C)=O)C(O)C(O)C(CO)OC)(COCCC(=O)NCCCCCCOC1OC(CO)C(O)C(O)C1NC(C)=O)COCCC(=O)NCCCCCCOC1OC(CO)C(O)C(O)C1NC(C)=O. The van der Waals surface area contributed by atoms with Crippen molar-refractivity contribution in [1.82, 2.24) is 37.2 Å². The lowest BCUT2D eigenvalue weighted by Crippen LogP contribution is -2.64. The summed E-state index contributed by atoms with van der Waals surface area (Å²) in [7, 11) is 2.96. The molecule has 2 aliphatic rings. The Bertz CT molecular complexity index is 1820. The fourth-order valence-corrected chi connectivity index (χ4v) is 9.31. The molecule has 0 aromatic rings. The molecule has 0 spiro atoms. The number of amides is 6. The molecule has 87 heavy (non-hydrogen) atoms. The van der Waals surface area contributed by atoms with Crippen LogP contribution >= 0.6 is 0 Å². The zero-order valence-electron chi connectivity index (χ0n) is 51.4. The van der Waals surface area contributed by atoms with Crippen LogP contribution in [-0.2, 0) is 71.4 Å². The fourth-order valence-electron chi connectivity index (χ4n) is 9.31. The molecule has 14 unspecified atom stereocenters. The van der Waals surface area contributed by atoms with Crippen LogP contribution in [0, 0.1) is 0 Å². The maximum Gasteiger partial charge on any atom is 0.222 e. The summed E-state index contributed by atoms with van der Waals surface area (Å²) in [6.07, 6.45) is -6.81. The number of rotatable bonds is 50. The Hall–Kier alpha value is -3.94. The second-order valence-corrected chi connectivity index (χ2v) is 21.8. The number of carbonyl (C=O) groups is 6. The van der Waals surface area contributed by atoms with Crippen molar-refractivity contribution < 1.29 is 117 Å². The average molecular weight is 1260 g/mol. The topological polar surface area (TPSA) is 452 Å². The standard InChI is InChI=1S/C56H105N7O24/c1-36(67)61-45-50(76)48(74)40(31-65)86-54(45)84-25-16-10-7-13-22-59-43(71)19-28-81-34-56(57-4,33-80-27-18-42(70)58-21-12-6-9-15-24-83-53(63-38(3)69)52(78)47(73)39(30-64)79-5)35-82-29-20-44(72)60-23-14-8-11-17-26-85-55-46(62-37(2)68)51(77)49(75)41(32-66)87-55/h39-41,45-55,57,64-66,73-78H,6-35H2,1-5H3,(H,58,70)(H,59,71)(H,60,72)(H,61,67)(H,62,68)(H,63,69). The van der Waals surface area contributed by atoms with Gasteiger partial charge >= 0.3 is 0 Å². The first-order valence-corrected chi connectivity index (χ1v) is 30.3. The van der Waals surface area contributed by atoms with Gasteiger partial charge in [0.05, 0.1) is 65.0 Å². The van der Waals surface area contributed by atoms with E-state index in [9.17, 15) is 74.7 Å². The van der Waals surface area contributed by atoms with Gasteiger partial charge in [0.25, 0.3) is 0 Å². The monoisotopic (exact) mass is 1260 g/mol. The number of methoxy groups -OCH3 is 1. The minimum absolute atomic E-state index is 0.0517. The Morgan fingerprint density at radius 1 is 0.506 bits per heavy atom. The van der Waals surface area contributed by atoms with E-state index in [0.29, 0.717) is 64.6 Å². The van der Waals surface area contributed by atoms with Gasteiger partial charge in [-0.3, -0.25) is 28.8 Å². The first kappa shape index (κ1) is 79.2. The molecule has 0 radical (unpaired) electrons. The second-order valence-electron chi connectivity index (χ2n) is 21.8. The van der Waals surface area contributed by atoms with Crippen LogP contribution in [-0.4, -0.2) is 286 Å². The highest BCUT2D eigenvalue weighted by atomic mass is 16.7. The van der Waals surface area contributed by atoms with E-state index in [1.54, 1.807) is 7.05 Å². The van der Waals surface area contributed by atoms with Gasteiger partial charge in [0.2, 0.25) is 35.4 Å². The number of hydrogen-bond donors (Lipinski definition) is 16. The van der Waals surface area contributed by atoms with E-state index in [0.717, 1.165) is 32.1 Å². The summed E-state index contributed by atoms with van der Waals surface area (Å²) in [5, 5.41) is 110. The molecule has 31 heteroatoms. The molecule has 2 fully saturated rings. The molecular formula is C56H105N7O24. The molecule has 2 rings (SSSR count). The van der Waals surface area contributed by atoms with Gasteiger partial charge in [0.1, 0.15) is 67.0 Å². The summed E-state index contributed by atoms with van der Waals surface area (Å²) in [6, 6.07) is -2.04. The van der Waals surface area contributed by atoms with Crippen molar-refractivity contribution in [2.75, 3.05) is 113 Å². The third-order valence-corrected chi connectivity index (χ3v) is 14.5. The minimum atomic E-state index is -1.56. The van der Waals surface area contributed by atoms with Crippen LogP contribution in [0.15, 0.2) is 0 Å². The number of aliphatic hydroxyl groups is 9. The van der Waals surface area contributed by atoms with Gasteiger partial charge in [-0.25, -0.2) is 0 Å². The van der Waals surface area contributed by atoms with E-state index in [-0.39, 0.29) is 96.4 Å². The van der Waals surface area contributed by atoms with Crippen molar-refractivity contribution in [3.05, 3.63) is 0 Å². The molecule has 508 valence electrons. The van der Waals surface area contributed by atoms with E-state index in [1.165, 1.54) is 27.9 Å². The van der Waals surface area contributed by atoms with E-state index in [2.05, 4.69) is 37.2 Å². The molecule has 31 nitrogen and oxygen atoms in total. The van der Waals surface area contributed by atoms with Crippen LogP contribution in [0.5, 0.6) is 0 Å². The van der Waals surface area contributed by atoms with E-state index >= 15 is 0 Å². The largest absolute Gasteiger partial charge is 0.394 e. The summed E-state index contributed by atoms with van der Waals surface area (Å²) in [4.78, 5) is 73.2. The van der Waals surface area contributed by atoms with Gasteiger partial charge < -0.3 is 126 Å². The molecule has 6 amide bonds. The fraction of sp³-hybridized carbons (Fsp3) is 0.893. The van der Waals surface area contributed by atoms with Gasteiger partial charge in [-0.15, -0.1) is 0 Å². The number of unbranched alkanes of at least 4 members (excludes halogenated alkanes) is 9. The zero-order chi connectivity index (χ0) is 64.6. The van der Waals surface area contributed by atoms with Crippen LogP contribution in [0.4, 0.5) is 0 Å². The molecule has 0 bridgehead atoms. The molecule has 0 aromatic carbocycles. The Kier molecular flexibility index (Phi) is 42.0. The van der Waals surface area contributed by atoms with Crippen molar-refractivity contribution >= 4 is 35.4 Å². The van der Waals surface area contributed by atoms with E-state index in [1.807, 2.05) is 0 Å². The quantitative estimate of drug-likeness (QED) is 0.0201. The Labute approximate surface area is 510 Å². The lowest BCUT2D eigenvalue weighted by Gasteiger charge is -2.42. The molecule has 14 atom stereocenters. The Balaban J connectivity index is 1.79. The average Bonchev–Trinajstić information content (AvgIpc) is 2.31. The van der Waals surface area contributed by atoms with Gasteiger partial charge in [-0.2, -0.15) is 0 Å². The number of hydrogen-bond acceptors (Lipinski definition) is 25. The predicted molar refractivity (Wildman–Crippen MR) is 309 cm³/mol. The van der Waals surface area contributed by atoms with E-state index in [4.69, 9.17) is 42.6 Å². The summed E-state index contributed by atoms with van der Waals surface area (Å²) in [5.74, 6) is -2.04. The van der Waals surface area contributed by atoms with Crippen LogP contribution in [0.25, 0.3) is 0 Å². The Morgan fingerprint density at radius 2 is 0.885 bits per heavy atom. The number of nitrogens with one attached hydrogen (secondary N) is 7. The van der Waals surface area contributed by atoms with E-state index < -0.39 is 129 Å². The maximum absolute atomic E-state index is 12.7. The van der Waals surface area contributed by atoms with Crippen LogP contribution < -0.4 is 37.2 Å². The highest BCUT2D eigenvalue weighted by Gasteiger charge is 2.47. The smallest absolute Gasteiger partial charge is 0.222 e. The number of likely N-dealkylation sites (N-methyl/N-ethyl adjacent to an activating group) is 1. The summed E-state index contributed by atoms with van der Waals surface area (Å²) >= 11 is 0. The third-order valence-electron chi connectivity index (χ3n) is 14.5. The maximum atomic E-state index is 12.7. The normalized spacial score (nSPS) is 24.2. The Morgan fingerprint density at radius 3 is 1.22 bits per heavy atom. The van der Waals surface area contributed by atoms with Crippen molar-refractivity contribution in [3.63, 3.8) is 0 Å². The first-order chi connectivity index (χ1) is 41.7. The van der Waals surface area contributed by atoms with Crippen molar-refractivity contribution in [1.29, 1.82) is 0 Å². The molecule has 0 saturated carbocycles. The highest BCUT2D eigenvalue weighted by molar-refractivity contribution is 5.77. The lowest BCUT2D eigenvalue weighted by atomic mass is 9.97. The molecular weight excluding hydrogens is 1150 g/mol. The molecule has 2 heterocycles. The van der Waals surface area contributed by atoms with Crippen molar-refractivity contribution in [2.24, 2.45) is 0 Å². The van der Waals surface area contributed by atoms with Gasteiger partial charge in [-0.05, 0) is 45.6 Å². The first-order valence-electron chi connectivity index (χ1n) is 30.3. The summed E-state index contributed by atoms with van der Waals surface area (Å²) in [5.41, 5.74) is -0.933. The van der Waals surface area contributed by atoms with Crippen LogP contribution in [0.2, 0.25) is 0 Å². The minimum Gasteiger partial charge on any atom is -0.394 e. The summed E-state index contributed by atoms with van der Waals surface area (Å²) < 4.78 is 51.2. The predicted octanol–water partition coefficient (Wildman–Crippen LogP) is -4.68. The van der Waals surface area contributed by atoms with Gasteiger partial charge in [-0.1, -0.05) is 38.5 Å². The van der Waals surface area contributed by atoms with Crippen LogP contribution in [0.3, 0.4) is 0 Å². The molecule has 2 saturated heterocycles. The van der Waals surface area contributed by atoms with Gasteiger partial charge in [0, 0.05) is 86.6 Å². The number of carbonyl (C=O) groups excluding carboxylic acids is 6. The number of aliphatic hydroxyl groups excluding tert-OH is 9. The zero-order valence-corrected chi connectivity index (χ0v) is 51.4. The number of ether oxygens (including phenoxy) is 9. The lowest BCUT2D eigenvalue weighted by molar-refractivity contribution is -0.270. The van der Waals surface area contributed by atoms with Crippen LogP contribution in [0.1, 0.15) is 117 Å². The second kappa shape index (κ2) is 46.2.